The van der Waals surface area contributed by atoms with Crippen molar-refractivity contribution < 1.29 is 9.59 Å². The molecule has 0 aliphatic rings. The zero-order chi connectivity index (χ0) is 24.4. The van der Waals surface area contributed by atoms with Crippen molar-refractivity contribution in [3.8, 4) is 0 Å². The highest BCUT2D eigenvalue weighted by atomic mass is 32.2. The van der Waals surface area contributed by atoms with Crippen molar-refractivity contribution in [2.24, 2.45) is 5.92 Å². The van der Waals surface area contributed by atoms with Gasteiger partial charge >= 0.3 is 0 Å². The van der Waals surface area contributed by atoms with Crippen LogP contribution < -0.4 is 10.9 Å². The van der Waals surface area contributed by atoms with Gasteiger partial charge in [0.15, 0.2) is 10.9 Å². The van der Waals surface area contributed by atoms with E-state index in [0.29, 0.717) is 39.5 Å². The number of carbonyl (C=O) groups is 2. The number of hydrogen-bond acceptors (Lipinski definition) is 6. The molecule has 0 saturated carbocycles. The van der Waals surface area contributed by atoms with Gasteiger partial charge in [-0.15, -0.1) is 10.2 Å². The fraction of sp³-hybridized carbons (Fsp3) is 0.320. The van der Waals surface area contributed by atoms with E-state index in [2.05, 4.69) is 15.5 Å². The fourth-order valence-corrected chi connectivity index (χ4v) is 4.56. The number of nitrogens with zero attached hydrogens (tertiary/aromatic N) is 4. The van der Waals surface area contributed by atoms with Crippen molar-refractivity contribution in [3.63, 3.8) is 0 Å². The number of fused-ring (bicyclic) bond motifs is 3. The first kappa shape index (κ1) is 23.7. The van der Waals surface area contributed by atoms with Crippen LogP contribution in [0.15, 0.2) is 58.5 Å². The van der Waals surface area contributed by atoms with E-state index < -0.39 is 0 Å². The maximum Gasteiger partial charge on any atom is 0.262 e. The molecular formula is C25H27N5O3S. The van der Waals surface area contributed by atoms with Crippen molar-refractivity contribution >= 4 is 40.1 Å². The van der Waals surface area contributed by atoms with Crippen LogP contribution in [-0.4, -0.2) is 42.7 Å². The molecule has 2 aromatic carbocycles. The first-order chi connectivity index (χ1) is 16.3. The zero-order valence-electron chi connectivity index (χ0n) is 19.6. The predicted octanol–water partition coefficient (Wildman–Crippen LogP) is 3.81. The Kier molecular flexibility index (Phi) is 6.83. The molecule has 0 saturated heterocycles. The highest BCUT2D eigenvalue weighted by molar-refractivity contribution is 7.99. The van der Waals surface area contributed by atoms with Crippen LogP contribution >= 0.6 is 11.8 Å². The Bertz CT molecular complexity index is 1420. The number of ketones is 1. The van der Waals surface area contributed by atoms with Gasteiger partial charge in [-0.05, 0) is 38.0 Å². The summed E-state index contributed by atoms with van der Waals surface area (Å²) in [6.45, 7) is 8.30. The molecule has 0 radical (unpaired) electrons. The van der Waals surface area contributed by atoms with Crippen molar-refractivity contribution in [3.05, 3.63) is 70.0 Å². The number of benzene rings is 2. The molecule has 2 heterocycles. The molecular weight excluding hydrogens is 450 g/mol. The van der Waals surface area contributed by atoms with Gasteiger partial charge in [0, 0.05) is 23.7 Å². The number of carbonyl (C=O) groups excluding carboxylic acids is 2. The molecule has 176 valence electrons. The Morgan fingerprint density at radius 2 is 1.74 bits per heavy atom. The second-order valence-corrected chi connectivity index (χ2v) is 9.81. The summed E-state index contributed by atoms with van der Waals surface area (Å²) in [4.78, 5) is 38.6. The van der Waals surface area contributed by atoms with Gasteiger partial charge in [0.25, 0.3) is 11.5 Å². The normalized spacial score (nSPS) is 11.6. The molecule has 0 unspecified atom stereocenters. The van der Waals surface area contributed by atoms with Crippen molar-refractivity contribution in [1.82, 2.24) is 24.5 Å². The van der Waals surface area contributed by atoms with Gasteiger partial charge in [0.2, 0.25) is 5.78 Å². The van der Waals surface area contributed by atoms with Crippen LogP contribution in [0.25, 0.3) is 16.7 Å². The Balaban J connectivity index is 1.84. The summed E-state index contributed by atoms with van der Waals surface area (Å²) in [7, 11) is 0. The van der Waals surface area contributed by atoms with Crippen LogP contribution in [0.3, 0.4) is 0 Å². The van der Waals surface area contributed by atoms with Crippen LogP contribution in [0.1, 0.15) is 48.4 Å². The highest BCUT2D eigenvalue weighted by Gasteiger charge is 2.20. The number of aromatic nitrogens is 4. The van der Waals surface area contributed by atoms with E-state index in [-0.39, 0.29) is 35.0 Å². The molecule has 4 rings (SSSR count). The smallest absolute Gasteiger partial charge is 0.262 e. The topological polar surface area (TPSA) is 98.4 Å². The molecule has 9 heteroatoms. The number of Topliss-reactive ketones (excluding diaryl/α,β-unsaturated/α-hetero) is 1. The van der Waals surface area contributed by atoms with E-state index in [4.69, 9.17) is 0 Å². The minimum Gasteiger partial charge on any atom is -0.350 e. The highest BCUT2D eigenvalue weighted by Crippen LogP contribution is 2.24. The average molecular weight is 478 g/mol. The van der Waals surface area contributed by atoms with Crippen molar-refractivity contribution in [2.45, 2.75) is 45.4 Å². The lowest BCUT2D eigenvalue weighted by Crippen LogP contribution is -2.30. The van der Waals surface area contributed by atoms with Gasteiger partial charge in [-0.25, -0.2) is 0 Å². The molecule has 4 aromatic rings. The molecule has 0 fully saturated rings. The number of amides is 1. The predicted molar refractivity (Wildman–Crippen MR) is 134 cm³/mol. The summed E-state index contributed by atoms with van der Waals surface area (Å²) in [5.41, 5.74) is 1.42. The second-order valence-electron chi connectivity index (χ2n) is 8.87. The maximum atomic E-state index is 13.3. The van der Waals surface area contributed by atoms with Crippen LogP contribution in [0.2, 0.25) is 0 Å². The minimum atomic E-state index is -0.224. The summed E-state index contributed by atoms with van der Waals surface area (Å²) in [5.74, 6) is 0.519. The Morgan fingerprint density at radius 3 is 2.41 bits per heavy atom. The number of rotatable bonds is 8. The monoisotopic (exact) mass is 477 g/mol. The number of hydrogen-bond donors (Lipinski definition) is 1. The standard InChI is InChI=1S/C25H27N5O3S/c1-15(2)13-29-23(33)19-11-10-18(22(32)26-16(3)4)12-20(19)30-24(29)27-28-25(30)34-14-21(31)17-8-6-5-7-9-17/h5-12,15-16H,13-14H2,1-4H3,(H,26,32). The number of nitrogens with one attached hydrogen (secondary N) is 1. The van der Waals surface area contributed by atoms with Crippen molar-refractivity contribution in [2.75, 3.05) is 5.75 Å². The Hall–Kier alpha value is -3.46. The van der Waals surface area contributed by atoms with E-state index in [1.807, 2.05) is 45.9 Å². The van der Waals surface area contributed by atoms with Gasteiger partial charge in [0.1, 0.15) is 0 Å². The van der Waals surface area contributed by atoms with Crippen LogP contribution in [0.4, 0.5) is 0 Å². The third-order valence-corrected chi connectivity index (χ3v) is 6.16. The summed E-state index contributed by atoms with van der Waals surface area (Å²) >= 11 is 1.26. The molecule has 0 aliphatic carbocycles. The lowest BCUT2D eigenvalue weighted by molar-refractivity contribution is 0.0942. The molecule has 0 aliphatic heterocycles. The quantitative estimate of drug-likeness (QED) is 0.306. The fourth-order valence-electron chi connectivity index (χ4n) is 3.73. The van der Waals surface area contributed by atoms with E-state index >= 15 is 0 Å². The largest absolute Gasteiger partial charge is 0.350 e. The lowest BCUT2D eigenvalue weighted by Gasteiger charge is -2.14. The SMILES string of the molecule is CC(C)Cn1c(=O)c2ccc(C(=O)NC(C)C)cc2n2c(SCC(=O)c3ccccc3)nnc12. The summed E-state index contributed by atoms with van der Waals surface area (Å²) in [6, 6.07) is 14.1. The van der Waals surface area contributed by atoms with Crippen LogP contribution in [-0.2, 0) is 6.54 Å². The van der Waals surface area contributed by atoms with Gasteiger partial charge in [-0.3, -0.25) is 23.4 Å². The number of thioether (sulfide) groups is 1. The van der Waals surface area contributed by atoms with Crippen LogP contribution in [0, 0.1) is 5.92 Å². The molecule has 0 atom stereocenters. The third kappa shape index (κ3) is 4.75. The molecule has 0 bridgehead atoms. The van der Waals surface area contributed by atoms with Gasteiger partial charge in [-0.1, -0.05) is 55.9 Å². The third-order valence-electron chi connectivity index (χ3n) is 5.23. The lowest BCUT2D eigenvalue weighted by atomic mass is 10.1. The first-order valence-corrected chi connectivity index (χ1v) is 12.2. The molecule has 0 spiro atoms. The molecule has 1 amide bonds. The van der Waals surface area contributed by atoms with E-state index in [0.717, 1.165) is 0 Å². The van der Waals surface area contributed by atoms with E-state index in [1.165, 1.54) is 11.8 Å². The Labute approximate surface area is 201 Å². The van der Waals surface area contributed by atoms with Gasteiger partial charge in [0.05, 0.1) is 16.7 Å². The summed E-state index contributed by atoms with van der Waals surface area (Å²) in [5, 5.41) is 12.4. The van der Waals surface area contributed by atoms with Crippen LogP contribution in [0.5, 0.6) is 0 Å². The molecule has 34 heavy (non-hydrogen) atoms. The summed E-state index contributed by atoms with van der Waals surface area (Å²) in [6.07, 6.45) is 0. The van der Waals surface area contributed by atoms with Crippen molar-refractivity contribution in [1.29, 1.82) is 0 Å². The van der Waals surface area contributed by atoms with Gasteiger partial charge in [-0.2, -0.15) is 0 Å². The second kappa shape index (κ2) is 9.80. The molecule has 8 nitrogen and oxygen atoms in total. The average Bonchev–Trinajstić information content (AvgIpc) is 3.23. The maximum absolute atomic E-state index is 13.3. The minimum absolute atomic E-state index is 0.0210. The summed E-state index contributed by atoms with van der Waals surface area (Å²) < 4.78 is 3.38. The van der Waals surface area contributed by atoms with E-state index in [9.17, 15) is 14.4 Å². The zero-order valence-corrected chi connectivity index (χ0v) is 20.4. The molecule has 1 N–H and O–H groups in total. The van der Waals surface area contributed by atoms with Gasteiger partial charge < -0.3 is 5.32 Å². The Morgan fingerprint density at radius 1 is 1.00 bits per heavy atom. The first-order valence-electron chi connectivity index (χ1n) is 11.2. The van der Waals surface area contributed by atoms with E-state index in [1.54, 1.807) is 39.3 Å². The molecule has 2 aromatic heterocycles.